The zero-order valence-electron chi connectivity index (χ0n) is 10.1. The van der Waals surface area contributed by atoms with Crippen LogP contribution in [-0.4, -0.2) is 15.4 Å². The van der Waals surface area contributed by atoms with Gasteiger partial charge in [0.2, 0.25) is 0 Å². The molecule has 19 heavy (non-hydrogen) atoms. The first-order valence-electron chi connectivity index (χ1n) is 5.81. The van der Waals surface area contributed by atoms with E-state index in [2.05, 4.69) is 10.3 Å². The molecule has 0 aliphatic rings. The molecule has 2 aromatic heterocycles. The summed E-state index contributed by atoms with van der Waals surface area (Å²) in [6, 6.07) is 11.8. The van der Waals surface area contributed by atoms with E-state index in [1.54, 1.807) is 23.9 Å². The average Bonchev–Trinajstić information content (AvgIpc) is 3.13. The van der Waals surface area contributed by atoms with E-state index in [1.165, 1.54) is 0 Å². The quantitative estimate of drug-likeness (QED) is 0.565. The summed E-state index contributed by atoms with van der Waals surface area (Å²) >= 11 is 1.55. The van der Waals surface area contributed by atoms with Gasteiger partial charge in [0.1, 0.15) is 5.84 Å². The van der Waals surface area contributed by atoms with Crippen LogP contribution in [0.5, 0.6) is 0 Å². The maximum absolute atomic E-state index is 7.96. The van der Waals surface area contributed by atoms with Gasteiger partial charge in [-0.25, -0.2) is 4.98 Å². The highest BCUT2D eigenvalue weighted by Gasteiger charge is 2.03. The smallest absolute Gasteiger partial charge is 0.140 e. The fraction of sp³-hybridized carbons (Fsp3) is 0. The Morgan fingerprint density at radius 2 is 2.05 bits per heavy atom. The molecule has 2 N–H and O–H groups in total. The predicted molar refractivity (Wildman–Crippen MR) is 78.3 cm³/mol. The molecule has 1 aromatic carbocycles. The zero-order valence-corrected chi connectivity index (χ0v) is 10.9. The molecule has 5 heteroatoms. The third kappa shape index (κ3) is 2.56. The van der Waals surface area contributed by atoms with Gasteiger partial charge >= 0.3 is 0 Å². The molecule has 0 amide bonds. The van der Waals surface area contributed by atoms with Gasteiger partial charge in [-0.1, -0.05) is 6.07 Å². The van der Waals surface area contributed by atoms with Crippen molar-refractivity contribution in [1.29, 1.82) is 5.41 Å². The molecule has 94 valence electrons. The Labute approximate surface area is 114 Å². The number of benzene rings is 1. The normalized spacial score (nSPS) is 10.3. The Kier molecular flexibility index (Phi) is 3.12. The average molecular weight is 268 g/mol. The lowest BCUT2D eigenvalue weighted by molar-refractivity contribution is 1.06. The number of nitrogens with one attached hydrogen (secondary N) is 2. The summed E-state index contributed by atoms with van der Waals surface area (Å²) in [4.78, 5) is 4.95. The van der Waals surface area contributed by atoms with Gasteiger partial charge in [0.15, 0.2) is 0 Å². The minimum absolute atomic E-state index is 0.422. The van der Waals surface area contributed by atoms with Gasteiger partial charge in [0.05, 0.1) is 11.2 Å². The van der Waals surface area contributed by atoms with Gasteiger partial charge in [-0.05, 0) is 35.7 Å². The van der Waals surface area contributed by atoms with Gasteiger partial charge in [-0.2, -0.15) is 0 Å². The van der Waals surface area contributed by atoms with Gasteiger partial charge in [0, 0.05) is 23.8 Å². The van der Waals surface area contributed by atoms with E-state index in [4.69, 9.17) is 5.41 Å². The second-order valence-electron chi connectivity index (χ2n) is 3.99. The van der Waals surface area contributed by atoms with E-state index in [0.29, 0.717) is 5.84 Å². The predicted octanol–water partition coefficient (Wildman–Crippen LogP) is 3.37. The highest BCUT2D eigenvalue weighted by Crippen LogP contribution is 2.15. The first-order chi connectivity index (χ1) is 9.33. The number of rotatable bonds is 3. The SMILES string of the molecule is N=C(Nc1ccc(-n2ccnc2)cc1)c1cccs1. The summed E-state index contributed by atoms with van der Waals surface area (Å²) in [7, 11) is 0. The lowest BCUT2D eigenvalue weighted by Crippen LogP contribution is -2.10. The van der Waals surface area contributed by atoms with Crippen molar-refractivity contribution in [2.75, 3.05) is 5.32 Å². The molecule has 0 aliphatic heterocycles. The van der Waals surface area contributed by atoms with Gasteiger partial charge in [0.25, 0.3) is 0 Å². The number of aromatic nitrogens is 2. The number of anilines is 1. The van der Waals surface area contributed by atoms with Crippen LogP contribution in [-0.2, 0) is 0 Å². The van der Waals surface area contributed by atoms with Crippen molar-refractivity contribution < 1.29 is 0 Å². The van der Waals surface area contributed by atoms with Gasteiger partial charge < -0.3 is 9.88 Å². The third-order valence-electron chi connectivity index (χ3n) is 2.71. The number of hydrogen-bond donors (Lipinski definition) is 2. The molecule has 0 unspecified atom stereocenters. The summed E-state index contributed by atoms with van der Waals surface area (Å²) < 4.78 is 1.94. The Morgan fingerprint density at radius 1 is 1.21 bits per heavy atom. The number of hydrogen-bond acceptors (Lipinski definition) is 3. The van der Waals surface area contributed by atoms with Crippen LogP contribution in [0, 0.1) is 5.41 Å². The Balaban J connectivity index is 1.75. The van der Waals surface area contributed by atoms with Crippen LogP contribution < -0.4 is 5.32 Å². The molecule has 0 atom stereocenters. The second kappa shape index (κ2) is 5.07. The molecule has 0 spiro atoms. The third-order valence-corrected chi connectivity index (χ3v) is 3.59. The van der Waals surface area contributed by atoms with Crippen LogP contribution in [0.1, 0.15) is 4.88 Å². The molecule has 0 bridgehead atoms. The Morgan fingerprint density at radius 3 is 2.68 bits per heavy atom. The summed E-state index contributed by atoms with van der Waals surface area (Å²) in [6.07, 6.45) is 5.41. The largest absolute Gasteiger partial charge is 0.340 e. The number of nitrogens with zero attached hydrogens (tertiary/aromatic N) is 2. The van der Waals surface area contributed by atoms with Crippen molar-refractivity contribution in [3.05, 3.63) is 65.4 Å². The van der Waals surface area contributed by atoms with Crippen LogP contribution in [0.2, 0.25) is 0 Å². The van der Waals surface area contributed by atoms with Crippen LogP contribution in [0.4, 0.5) is 5.69 Å². The molecular formula is C14H12N4S. The molecule has 4 nitrogen and oxygen atoms in total. The first kappa shape index (κ1) is 11.7. The van der Waals surface area contributed by atoms with Crippen LogP contribution in [0.25, 0.3) is 5.69 Å². The molecule has 3 aromatic rings. The van der Waals surface area contributed by atoms with Crippen molar-refractivity contribution in [2.24, 2.45) is 0 Å². The van der Waals surface area contributed by atoms with Crippen molar-refractivity contribution in [3.63, 3.8) is 0 Å². The molecule has 0 aliphatic carbocycles. The molecule has 0 fully saturated rings. The monoisotopic (exact) mass is 268 g/mol. The maximum Gasteiger partial charge on any atom is 0.140 e. The van der Waals surface area contributed by atoms with Gasteiger partial charge in [-0.15, -0.1) is 11.3 Å². The van der Waals surface area contributed by atoms with Gasteiger partial charge in [-0.3, -0.25) is 5.41 Å². The van der Waals surface area contributed by atoms with E-state index in [0.717, 1.165) is 16.3 Å². The van der Waals surface area contributed by atoms with Crippen LogP contribution in [0.3, 0.4) is 0 Å². The summed E-state index contributed by atoms with van der Waals surface area (Å²) in [5.74, 6) is 0.422. The van der Waals surface area contributed by atoms with Crippen molar-refractivity contribution in [3.8, 4) is 5.69 Å². The number of imidazole rings is 1. The van der Waals surface area contributed by atoms with Crippen LogP contribution >= 0.6 is 11.3 Å². The minimum Gasteiger partial charge on any atom is -0.340 e. The molecule has 0 saturated carbocycles. The molecule has 3 rings (SSSR count). The highest BCUT2D eigenvalue weighted by atomic mass is 32.1. The lowest BCUT2D eigenvalue weighted by Gasteiger charge is -2.07. The molecule has 0 radical (unpaired) electrons. The van der Waals surface area contributed by atoms with E-state index < -0.39 is 0 Å². The first-order valence-corrected chi connectivity index (χ1v) is 6.69. The summed E-state index contributed by atoms with van der Waals surface area (Å²) in [5, 5.41) is 13.0. The van der Waals surface area contributed by atoms with Crippen LogP contribution in [0.15, 0.2) is 60.5 Å². The van der Waals surface area contributed by atoms with E-state index in [1.807, 2.05) is 52.5 Å². The highest BCUT2D eigenvalue weighted by molar-refractivity contribution is 7.12. The summed E-state index contributed by atoms with van der Waals surface area (Å²) in [5.41, 5.74) is 1.95. The topological polar surface area (TPSA) is 53.7 Å². The van der Waals surface area contributed by atoms with E-state index in [-0.39, 0.29) is 0 Å². The fourth-order valence-electron chi connectivity index (χ4n) is 1.76. The standard InChI is InChI=1S/C14H12N4S/c15-14(13-2-1-9-19-13)17-11-3-5-12(6-4-11)18-8-7-16-10-18/h1-10H,(H2,15,17). The van der Waals surface area contributed by atoms with Crippen molar-refractivity contribution >= 4 is 22.9 Å². The number of amidine groups is 1. The maximum atomic E-state index is 7.96. The molecular weight excluding hydrogens is 256 g/mol. The summed E-state index contributed by atoms with van der Waals surface area (Å²) in [6.45, 7) is 0. The zero-order chi connectivity index (χ0) is 13.1. The minimum atomic E-state index is 0.422. The van der Waals surface area contributed by atoms with Crippen molar-refractivity contribution in [1.82, 2.24) is 9.55 Å². The van der Waals surface area contributed by atoms with E-state index in [9.17, 15) is 0 Å². The Bertz CT molecular complexity index is 654. The van der Waals surface area contributed by atoms with E-state index >= 15 is 0 Å². The lowest BCUT2D eigenvalue weighted by atomic mass is 10.2. The molecule has 0 saturated heterocycles. The second-order valence-corrected chi connectivity index (χ2v) is 4.94. The molecule has 2 heterocycles. The number of thiophene rings is 1. The Hall–Kier alpha value is -2.40. The van der Waals surface area contributed by atoms with Crippen molar-refractivity contribution in [2.45, 2.75) is 0 Å². The fourth-order valence-corrected chi connectivity index (χ4v) is 2.39.